The number of piperidine rings is 1. The monoisotopic (exact) mass is 288 g/mol. The van der Waals surface area contributed by atoms with Crippen molar-refractivity contribution in [1.29, 1.82) is 0 Å². The van der Waals surface area contributed by atoms with Gasteiger partial charge in [-0.2, -0.15) is 0 Å². The number of carbonyl (C=O) groups excluding carboxylic acids is 1. The number of amides is 1. The Bertz CT molecular complexity index is 424. The first-order chi connectivity index (χ1) is 10.2. The van der Waals surface area contributed by atoms with Crippen LogP contribution in [-0.2, 0) is 11.2 Å². The highest BCUT2D eigenvalue weighted by Gasteiger charge is 2.23. The van der Waals surface area contributed by atoms with Gasteiger partial charge >= 0.3 is 0 Å². The molecule has 116 valence electrons. The quantitative estimate of drug-likeness (QED) is 0.873. The van der Waals surface area contributed by atoms with E-state index in [2.05, 4.69) is 24.1 Å². The highest BCUT2D eigenvalue weighted by Crippen LogP contribution is 2.17. The number of carbonyl (C=O) groups is 1. The third kappa shape index (κ3) is 5.16. The SMILES string of the molecule is CC(C)C(CNC(=O)Cc1ccccc1)N1CCCCC1. The van der Waals surface area contributed by atoms with Crippen LogP contribution in [0.3, 0.4) is 0 Å². The molecule has 1 heterocycles. The molecule has 1 unspecified atom stereocenters. The first-order valence-electron chi connectivity index (χ1n) is 8.21. The van der Waals surface area contributed by atoms with Gasteiger partial charge in [0.1, 0.15) is 0 Å². The Kier molecular flexibility index (Phi) is 6.24. The van der Waals surface area contributed by atoms with E-state index < -0.39 is 0 Å². The third-order valence-electron chi connectivity index (χ3n) is 4.35. The summed E-state index contributed by atoms with van der Waals surface area (Å²) in [6.07, 6.45) is 4.41. The summed E-state index contributed by atoms with van der Waals surface area (Å²) >= 11 is 0. The lowest BCUT2D eigenvalue weighted by atomic mass is 9.99. The first kappa shape index (κ1) is 16.0. The van der Waals surface area contributed by atoms with Crippen LogP contribution in [0.4, 0.5) is 0 Å². The number of likely N-dealkylation sites (tertiary alicyclic amines) is 1. The third-order valence-corrected chi connectivity index (χ3v) is 4.35. The van der Waals surface area contributed by atoms with E-state index in [0.717, 1.165) is 12.1 Å². The summed E-state index contributed by atoms with van der Waals surface area (Å²) in [5.41, 5.74) is 1.08. The topological polar surface area (TPSA) is 32.3 Å². The van der Waals surface area contributed by atoms with E-state index in [1.54, 1.807) is 0 Å². The molecule has 1 aliphatic heterocycles. The molecule has 2 rings (SSSR count). The summed E-state index contributed by atoms with van der Waals surface area (Å²) in [6.45, 7) is 7.63. The van der Waals surface area contributed by atoms with Gasteiger partial charge in [0, 0.05) is 12.6 Å². The van der Waals surface area contributed by atoms with Crippen molar-refractivity contribution < 1.29 is 4.79 Å². The normalized spacial score (nSPS) is 17.7. The lowest BCUT2D eigenvalue weighted by molar-refractivity contribution is -0.120. The minimum Gasteiger partial charge on any atom is -0.354 e. The van der Waals surface area contributed by atoms with Crippen molar-refractivity contribution >= 4 is 5.91 Å². The molecule has 1 aromatic carbocycles. The first-order valence-corrected chi connectivity index (χ1v) is 8.21. The van der Waals surface area contributed by atoms with Crippen molar-refractivity contribution in [2.45, 2.75) is 45.6 Å². The van der Waals surface area contributed by atoms with Crippen LogP contribution in [-0.4, -0.2) is 36.5 Å². The van der Waals surface area contributed by atoms with E-state index in [9.17, 15) is 4.79 Å². The zero-order valence-corrected chi connectivity index (χ0v) is 13.3. The van der Waals surface area contributed by atoms with Gasteiger partial charge in [0.25, 0.3) is 0 Å². The molecule has 0 radical (unpaired) electrons. The Morgan fingerprint density at radius 2 is 1.81 bits per heavy atom. The highest BCUT2D eigenvalue weighted by molar-refractivity contribution is 5.78. The van der Waals surface area contributed by atoms with Crippen molar-refractivity contribution in [2.75, 3.05) is 19.6 Å². The van der Waals surface area contributed by atoms with Gasteiger partial charge in [-0.05, 0) is 37.4 Å². The molecule has 3 nitrogen and oxygen atoms in total. The molecule has 1 saturated heterocycles. The largest absolute Gasteiger partial charge is 0.354 e. The fourth-order valence-electron chi connectivity index (χ4n) is 3.10. The van der Waals surface area contributed by atoms with Crippen LogP contribution >= 0.6 is 0 Å². The zero-order chi connectivity index (χ0) is 15.1. The van der Waals surface area contributed by atoms with E-state index in [-0.39, 0.29) is 5.91 Å². The Morgan fingerprint density at radius 3 is 2.43 bits per heavy atom. The molecule has 1 fully saturated rings. The minimum absolute atomic E-state index is 0.129. The van der Waals surface area contributed by atoms with Gasteiger partial charge in [-0.25, -0.2) is 0 Å². The smallest absolute Gasteiger partial charge is 0.224 e. The molecule has 0 aliphatic carbocycles. The standard InChI is InChI=1S/C18H28N2O/c1-15(2)17(20-11-7-4-8-12-20)14-19-18(21)13-16-9-5-3-6-10-16/h3,5-6,9-10,15,17H,4,7-8,11-14H2,1-2H3,(H,19,21). The van der Waals surface area contributed by atoms with E-state index in [4.69, 9.17) is 0 Å². The molecule has 1 aliphatic rings. The van der Waals surface area contributed by atoms with E-state index >= 15 is 0 Å². The fourth-order valence-corrected chi connectivity index (χ4v) is 3.10. The predicted octanol–water partition coefficient (Wildman–Crippen LogP) is 2.86. The van der Waals surface area contributed by atoms with Gasteiger partial charge in [-0.15, -0.1) is 0 Å². The molecule has 21 heavy (non-hydrogen) atoms. The predicted molar refractivity (Wildman–Crippen MR) is 87.2 cm³/mol. The zero-order valence-electron chi connectivity index (χ0n) is 13.3. The number of nitrogens with zero attached hydrogens (tertiary/aromatic N) is 1. The summed E-state index contributed by atoms with van der Waals surface area (Å²) in [7, 11) is 0. The van der Waals surface area contributed by atoms with Crippen molar-refractivity contribution in [3.63, 3.8) is 0 Å². The Hall–Kier alpha value is -1.35. The van der Waals surface area contributed by atoms with Crippen molar-refractivity contribution in [1.82, 2.24) is 10.2 Å². The van der Waals surface area contributed by atoms with E-state index in [1.165, 1.54) is 32.4 Å². The summed E-state index contributed by atoms with van der Waals surface area (Å²) in [6, 6.07) is 10.4. The van der Waals surface area contributed by atoms with Crippen molar-refractivity contribution in [3.05, 3.63) is 35.9 Å². The average molecular weight is 288 g/mol. The van der Waals surface area contributed by atoms with Crippen LogP contribution in [0.1, 0.15) is 38.7 Å². The van der Waals surface area contributed by atoms with Gasteiger partial charge in [-0.1, -0.05) is 50.6 Å². The molecular formula is C18H28N2O. The van der Waals surface area contributed by atoms with Gasteiger partial charge in [0.05, 0.1) is 6.42 Å². The summed E-state index contributed by atoms with van der Waals surface area (Å²) in [5.74, 6) is 0.698. The van der Waals surface area contributed by atoms with Crippen LogP contribution < -0.4 is 5.32 Å². The average Bonchev–Trinajstić information content (AvgIpc) is 2.49. The Balaban J connectivity index is 1.82. The summed E-state index contributed by atoms with van der Waals surface area (Å²) in [4.78, 5) is 14.6. The molecule has 1 N–H and O–H groups in total. The van der Waals surface area contributed by atoms with Crippen LogP contribution in [0.2, 0.25) is 0 Å². The minimum atomic E-state index is 0.129. The maximum absolute atomic E-state index is 12.1. The molecule has 0 bridgehead atoms. The number of hydrogen-bond donors (Lipinski definition) is 1. The second kappa shape index (κ2) is 8.18. The second-order valence-corrected chi connectivity index (χ2v) is 6.37. The molecule has 0 saturated carbocycles. The Labute approximate surface area is 128 Å². The lowest BCUT2D eigenvalue weighted by Gasteiger charge is -2.37. The summed E-state index contributed by atoms with van der Waals surface area (Å²) < 4.78 is 0. The molecule has 0 spiro atoms. The fraction of sp³-hybridized carbons (Fsp3) is 0.611. The van der Waals surface area contributed by atoms with Gasteiger partial charge in [0.15, 0.2) is 0 Å². The molecular weight excluding hydrogens is 260 g/mol. The number of hydrogen-bond acceptors (Lipinski definition) is 2. The number of benzene rings is 1. The van der Waals surface area contributed by atoms with Crippen LogP contribution in [0, 0.1) is 5.92 Å². The van der Waals surface area contributed by atoms with Gasteiger partial charge in [0.2, 0.25) is 5.91 Å². The Morgan fingerprint density at radius 1 is 1.14 bits per heavy atom. The van der Waals surface area contributed by atoms with E-state index in [0.29, 0.717) is 18.4 Å². The molecule has 0 aromatic heterocycles. The number of nitrogens with one attached hydrogen (secondary N) is 1. The lowest BCUT2D eigenvalue weighted by Crippen LogP contribution is -2.49. The van der Waals surface area contributed by atoms with Gasteiger partial charge < -0.3 is 5.32 Å². The van der Waals surface area contributed by atoms with Gasteiger partial charge in [-0.3, -0.25) is 9.69 Å². The number of rotatable bonds is 6. The van der Waals surface area contributed by atoms with E-state index in [1.807, 2.05) is 30.3 Å². The van der Waals surface area contributed by atoms with Crippen LogP contribution in [0.15, 0.2) is 30.3 Å². The van der Waals surface area contributed by atoms with Crippen molar-refractivity contribution in [3.8, 4) is 0 Å². The summed E-state index contributed by atoms with van der Waals surface area (Å²) in [5, 5.41) is 3.13. The second-order valence-electron chi connectivity index (χ2n) is 6.37. The van der Waals surface area contributed by atoms with Crippen LogP contribution in [0.25, 0.3) is 0 Å². The maximum Gasteiger partial charge on any atom is 0.224 e. The van der Waals surface area contributed by atoms with Crippen molar-refractivity contribution in [2.24, 2.45) is 5.92 Å². The highest BCUT2D eigenvalue weighted by atomic mass is 16.1. The molecule has 1 atom stereocenters. The molecule has 3 heteroatoms. The molecule has 1 amide bonds. The molecule has 1 aromatic rings. The van der Waals surface area contributed by atoms with Crippen LogP contribution in [0.5, 0.6) is 0 Å². The maximum atomic E-state index is 12.1.